The van der Waals surface area contributed by atoms with Crippen molar-refractivity contribution in [3.63, 3.8) is 0 Å². The van der Waals surface area contributed by atoms with E-state index >= 15 is 0 Å². The topological polar surface area (TPSA) is 58.6 Å². The molecule has 1 heterocycles. The van der Waals surface area contributed by atoms with E-state index in [-0.39, 0.29) is 23.8 Å². The molecule has 1 aliphatic heterocycles. The molecule has 0 bridgehead atoms. The Morgan fingerprint density at radius 3 is 2.65 bits per heavy atom. The van der Waals surface area contributed by atoms with E-state index in [1.54, 1.807) is 4.90 Å². The number of nitrogens with one attached hydrogen (secondary N) is 1. The van der Waals surface area contributed by atoms with Gasteiger partial charge in [-0.2, -0.15) is 0 Å². The summed E-state index contributed by atoms with van der Waals surface area (Å²) in [5.74, 6) is 1.12. The first kappa shape index (κ1) is 18.7. The van der Waals surface area contributed by atoms with Gasteiger partial charge in [0.15, 0.2) is 0 Å². The van der Waals surface area contributed by atoms with Gasteiger partial charge in [0.2, 0.25) is 11.8 Å². The highest BCUT2D eigenvalue weighted by atomic mass is 16.5. The van der Waals surface area contributed by atoms with Crippen molar-refractivity contribution in [3.05, 3.63) is 24.3 Å². The Kier molecular flexibility index (Phi) is 6.17. The molecule has 3 atom stereocenters. The monoisotopic (exact) mass is 358 g/mol. The molecule has 1 aliphatic carbocycles. The molecule has 1 aromatic rings. The zero-order valence-electron chi connectivity index (χ0n) is 15.9. The van der Waals surface area contributed by atoms with E-state index in [4.69, 9.17) is 4.74 Å². The van der Waals surface area contributed by atoms with Crippen LogP contribution in [0.3, 0.4) is 0 Å². The smallest absolute Gasteiger partial charge is 0.227 e. The van der Waals surface area contributed by atoms with Gasteiger partial charge in [0.05, 0.1) is 12.5 Å². The SMILES string of the molecule is CCCOc1ccc(N2C[C@H](C(=O)N[C@@H]3CCCC[C@H]3C)CC2=O)cc1. The molecule has 0 radical (unpaired) electrons. The average molecular weight is 358 g/mol. The number of benzene rings is 1. The maximum atomic E-state index is 12.6. The lowest BCUT2D eigenvalue weighted by Gasteiger charge is -2.30. The van der Waals surface area contributed by atoms with E-state index < -0.39 is 0 Å². The molecule has 2 aliphatic rings. The second kappa shape index (κ2) is 8.56. The third kappa shape index (κ3) is 4.37. The molecule has 0 spiro atoms. The highest BCUT2D eigenvalue weighted by Gasteiger charge is 2.36. The fraction of sp³-hybridized carbons (Fsp3) is 0.619. The van der Waals surface area contributed by atoms with Crippen molar-refractivity contribution < 1.29 is 14.3 Å². The summed E-state index contributed by atoms with van der Waals surface area (Å²) >= 11 is 0. The molecule has 0 aromatic heterocycles. The Morgan fingerprint density at radius 1 is 1.23 bits per heavy atom. The Balaban J connectivity index is 1.58. The van der Waals surface area contributed by atoms with Crippen molar-refractivity contribution in [2.75, 3.05) is 18.1 Å². The second-order valence-electron chi connectivity index (χ2n) is 7.62. The number of amides is 2. The van der Waals surface area contributed by atoms with E-state index in [2.05, 4.69) is 19.2 Å². The maximum Gasteiger partial charge on any atom is 0.227 e. The quantitative estimate of drug-likeness (QED) is 0.846. The van der Waals surface area contributed by atoms with Crippen LogP contribution in [-0.2, 0) is 9.59 Å². The van der Waals surface area contributed by atoms with Crippen LogP contribution in [0.15, 0.2) is 24.3 Å². The highest BCUT2D eigenvalue weighted by Crippen LogP contribution is 2.28. The summed E-state index contributed by atoms with van der Waals surface area (Å²) in [6, 6.07) is 7.82. The van der Waals surface area contributed by atoms with Crippen molar-refractivity contribution in [1.29, 1.82) is 0 Å². The molecule has 26 heavy (non-hydrogen) atoms. The standard InChI is InChI=1S/C21H30N2O3/c1-3-12-26-18-10-8-17(9-11-18)23-14-16(13-20(23)24)21(25)22-19-7-5-4-6-15(19)2/h8-11,15-16,19H,3-7,12-14H2,1-2H3,(H,22,25)/t15-,16-,19-/m1/s1. The van der Waals surface area contributed by atoms with Gasteiger partial charge in [-0.15, -0.1) is 0 Å². The largest absolute Gasteiger partial charge is 0.494 e. The number of hydrogen-bond acceptors (Lipinski definition) is 3. The van der Waals surface area contributed by atoms with Gasteiger partial charge in [0.1, 0.15) is 5.75 Å². The van der Waals surface area contributed by atoms with Gasteiger partial charge in [-0.05, 0) is 49.4 Å². The minimum atomic E-state index is -0.257. The van der Waals surface area contributed by atoms with Crippen LogP contribution in [-0.4, -0.2) is 31.0 Å². The summed E-state index contributed by atoms with van der Waals surface area (Å²) in [4.78, 5) is 26.8. The Morgan fingerprint density at radius 2 is 1.96 bits per heavy atom. The first-order chi connectivity index (χ1) is 12.6. The molecule has 5 nitrogen and oxygen atoms in total. The number of carbonyl (C=O) groups is 2. The normalized spacial score (nSPS) is 26.0. The van der Waals surface area contributed by atoms with Crippen LogP contribution in [0.2, 0.25) is 0 Å². The molecule has 142 valence electrons. The number of nitrogens with zero attached hydrogens (tertiary/aromatic N) is 1. The molecule has 5 heteroatoms. The van der Waals surface area contributed by atoms with Crippen molar-refractivity contribution in [2.24, 2.45) is 11.8 Å². The lowest BCUT2D eigenvalue weighted by Crippen LogP contribution is -2.44. The van der Waals surface area contributed by atoms with Gasteiger partial charge in [0.25, 0.3) is 0 Å². The van der Waals surface area contributed by atoms with Crippen LogP contribution in [0.4, 0.5) is 5.69 Å². The molecule has 2 amide bonds. The average Bonchev–Trinajstić information content (AvgIpc) is 3.04. The Hall–Kier alpha value is -2.04. The molecule has 1 saturated carbocycles. The van der Waals surface area contributed by atoms with Crippen molar-refractivity contribution in [2.45, 2.75) is 58.4 Å². The number of rotatable bonds is 6. The van der Waals surface area contributed by atoms with Gasteiger partial charge in [-0.25, -0.2) is 0 Å². The Labute approximate surface area is 156 Å². The number of ether oxygens (including phenoxy) is 1. The number of carbonyl (C=O) groups excluding carboxylic acids is 2. The first-order valence-electron chi connectivity index (χ1n) is 9.92. The van der Waals surface area contributed by atoms with Crippen molar-refractivity contribution >= 4 is 17.5 Å². The lowest BCUT2D eigenvalue weighted by molar-refractivity contribution is -0.127. The van der Waals surface area contributed by atoms with Crippen LogP contribution in [0.25, 0.3) is 0 Å². The highest BCUT2D eigenvalue weighted by molar-refractivity contribution is 6.00. The Bertz CT molecular complexity index is 629. The van der Waals surface area contributed by atoms with E-state index in [1.807, 2.05) is 24.3 Å². The van der Waals surface area contributed by atoms with Gasteiger partial charge in [-0.3, -0.25) is 9.59 Å². The van der Waals surface area contributed by atoms with E-state index in [9.17, 15) is 9.59 Å². The zero-order valence-corrected chi connectivity index (χ0v) is 15.9. The summed E-state index contributed by atoms with van der Waals surface area (Å²) < 4.78 is 5.59. The van der Waals surface area contributed by atoms with Gasteiger partial charge in [0, 0.05) is 24.7 Å². The fourth-order valence-corrected chi connectivity index (χ4v) is 3.91. The molecule has 3 rings (SSSR count). The van der Waals surface area contributed by atoms with E-state index in [0.717, 1.165) is 24.3 Å². The fourth-order valence-electron chi connectivity index (χ4n) is 3.91. The molecule has 1 aromatic carbocycles. The summed E-state index contributed by atoms with van der Waals surface area (Å²) in [7, 11) is 0. The minimum absolute atomic E-state index is 0.0177. The molecule has 1 N–H and O–H groups in total. The van der Waals surface area contributed by atoms with Gasteiger partial charge in [-0.1, -0.05) is 26.7 Å². The van der Waals surface area contributed by atoms with E-state index in [1.165, 1.54) is 19.3 Å². The minimum Gasteiger partial charge on any atom is -0.494 e. The van der Waals surface area contributed by atoms with Crippen LogP contribution in [0.1, 0.15) is 52.4 Å². The number of hydrogen-bond donors (Lipinski definition) is 1. The third-order valence-corrected chi connectivity index (χ3v) is 5.56. The third-order valence-electron chi connectivity index (χ3n) is 5.56. The van der Waals surface area contributed by atoms with Crippen LogP contribution in [0.5, 0.6) is 5.75 Å². The predicted octanol–water partition coefficient (Wildman–Crippen LogP) is 3.52. The first-order valence-corrected chi connectivity index (χ1v) is 9.92. The van der Waals surface area contributed by atoms with Crippen LogP contribution < -0.4 is 15.0 Å². The molecular formula is C21H30N2O3. The second-order valence-corrected chi connectivity index (χ2v) is 7.62. The van der Waals surface area contributed by atoms with Crippen LogP contribution in [0, 0.1) is 11.8 Å². The van der Waals surface area contributed by atoms with Crippen LogP contribution >= 0.6 is 0 Å². The predicted molar refractivity (Wildman–Crippen MR) is 102 cm³/mol. The summed E-state index contributed by atoms with van der Waals surface area (Å²) in [6.07, 6.45) is 5.91. The van der Waals surface area contributed by atoms with Crippen molar-refractivity contribution in [1.82, 2.24) is 5.32 Å². The summed E-state index contributed by atoms with van der Waals surface area (Å²) in [5.41, 5.74) is 0.834. The zero-order chi connectivity index (χ0) is 18.5. The summed E-state index contributed by atoms with van der Waals surface area (Å²) in [6.45, 7) is 5.42. The lowest BCUT2D eigenvalue weighted by atomic mass is 9.85. The summed E-state index contributed by atoms with van der Waals surface area (Å²) in [5, 5.41) is 3.20. The molecule has 1 saturated heterocycles. The van der Waals surface area contributed by atoms with Gasteiger partial charge >= 0.3 is 0 Å². The molecule has 0 unspecified atom stereocenters. The maximum absolute atomic E-state index is 12.6. The van der Waals surface area contributed by atoms with E-state index in [0.29, 0.717) is 25.5 Å². The molecular weight excluding hydrogens is 328 g/mol. The van der Waals surface area contributed by atoms with Gasteiger partial charge < -0.3 is 15.0 Å². The number of anilines is 1. The van der Waals surface area contributed by atoms with Crippen molar-refractivity contribution in [3.8, 4) is 5.75 Å². The molecule has 2 fully saturated rings.